The van der Waals surface area contributed by atoms with Crippen LogP contribution in [0.25, 0.3) is 0 Å². The Kier molecular flexibility index (Phi) is 5.75. The second-order valence-electron chi connectivity index (χ2n) is 10.2. The van der Waals surface area contributed by atoms with Crippen LogP contribution in [0.3, 0.4) is 0 Å². The first-order valence-corrected chi connectivity index (χ1v) is 11.2. The highest BCUT2D eigenvalue weighted by molar-refractivity contribution is 5.83. The topological polar surface area (TPSA) is 50.2 Å². The molecule has 1 N–H and O–H groups in total. The first-order valence-electron chi connectivity index (χ1n) is 11.2. The van der Waals surface area contributed by atoms with E-state index >= 15 is 0 Å². The van der Waals surface area contributed by atoms with Crippen LogP contribution in [-0.4, -0.2) is 45.9 Å². The van der Waals surface area contributed by atoms with Gasteiger partial charge in [-0.2, -0.15) is 18.3 Å². The lowest BCUT2D eigenvalue weighted by Gasteiger charge is -2.39. The normalized spacial score (nSPS) is 24.7. The number of nitrogens with zero attached hydrogens (tertiary/aromatic N) is 3. The molecule has 1 saturated heterocycles. The maximum Gasteiger partial charge on any atom is 0.410 e. The third-order valence-corrected chi connectivity index (χ3v) is 6.84. The number of carbonyl (C=O) groups excluding carboxylic acids is 1. The molecule has 32 heavy (non-hydrogen) atoms. The van der Waals surface area contributed by atoms with E-state index in [1.54, 1.807) is 6.07 Å². The Morgan fingerprint density at radius 2 is 1.88 bits per heavy atom. The molecule has 174 valence electrons. The minimum Gasteiger partial charge on any atom is -0.367 e. The molecule has 4 rings (SSSR count). The van der Waals surface area contributed by atoms with Gasteiger partial charge in [0.25, 0.3) is 0 Å². The van der Waals surface area contributed by atoms with Gasteiger partial charge in [0.05, 0.1) is 11.6 Å². The largest absolute Gasteiger partial charge is 0.410 e. The lowest BCUT2D eigenvalue weighted by molar-refractivity contribution is -0.175. The number of hydrogen-bond acceptors (Lipinski definition) is 3. The molecule has 0 saturated carbocycles. The lowest BCUT2D eigenvalue weighted by Crippen LogP contribution is -2.44. The third-order valence-electron chi connectivity index (χ3n) is 6.84. The summed E-state index contributed by atoms with van der Waals surface area (Å²) in [6, 6.07) is 9.42. The Morgan fingerprint density at radius 1 is 1.19 bits per heavy atom. The van der Waals surface area contributed by atoms with E-state index in [1.165, 1.54) is 0 Å². The van der Waals surface area contributed by atoms with Crippen molar-refractivity contribution in [1.82, 2.24) is 14.7 Å². The van der Waals surface area contributed by atoms with E-state index in [4.69, 9.17) is 0 Å². The van der Waals surface area contributed by atoms with Gasteiger partial charge in [-0.3, -0.25) is 4.79 Å². The van der Waals surface area contributed by atoms with Crippen LogP contribution in [0.2, 0.25) is 0 Å². The van der Waals surface area contributed by atoms with Gasteiger partial charge in [-0.1, -0.05) is 51.1 Å². The van der Waals surface area contributed by atoms with E-state index in [0.717, 1.165) is 10.2 Å². The Labute approximate surface area is 187 Å². The number of halogens is 3. The molecule has 3 heterocycles. The van der Waals surface area contributed by atoms with Gasteiger partial charge in [-0.25, -0.2) is 4.68 Å². The van der Waals surface area contributed by atoms with Crippen LogP contribution in [0.1, 0.15) is 69.7 Å². The predicted molar refractivity (Wildman–Crippen MR) is 118 cm³/mol. The number of amides is 1. The lowest BCUT2D eigenvalue weighted by atomic mass is 9.82. The standard InChI is InChI=1S/C24H31F3N4O/c1-15(16-8-6-5-7-9-16)22(32)30-11-10-17(14-30)18-12-21-28-19(23(2,3)4)13-20(24(25,26)27)31(21)29-18/h5-9,12,15,17,19-20,28H,10-11,13-14H2,1-4H3/t15-,17+,19+,20-/m0/s1. The Balaban J connectivity index is 1.53. The number of likely N-dealkylation sites (tertiary alicyclic amines) is 1. The zero-order chi connectivity index (χ0) is 23.3. The van der Waals surface area contributed by atoms with Gasteiger partial charge in [0, 0.05) is 31.1 Å². The van der Waals surface area contributed by atoms with Crippen molar-refractivity contribution < 1.29 is 18.0 Å². The molecular formula is C24H31F3N4O. The summed E-state index contributed by atoms with van der Waals surface area (Å²) in [7, 11) is 0. The Hall–Kier alpha value is -2.51. The molecule has 0 unspecified atom stereocenters. The molecule has 1 amide bonds. The van der Waals surface area contributed by atoms with Gasteiger partial charge in [-0.15, -0.1) is 0 Å². The number of fused-ring (bicyclic) bond motifs is 1. The van der Waals surface area contributed by atoms with Crippen molar-refractivity contribution in [3.63, 3.8) is 0 Å². The van der Waals surface area contributed by atoms with Crippen molar-refractivity contribution in [3.05, 3.63) is 47.7 Å². The summed E-state index contributed by atoms with van der Waals surface area (Å²) in [5.41, 5.74) is 1.27. The quantitative estimate of drug-likeness (QED) is 0.690. The molecule has 0 radical (unpaired) electrons. The fourth-order valence-corrected chi connectivity index (χ4v) is 4.72. The first-order chi connectivity index (χ1) is 14.9. The molecule has 1 aromatic heterocycles. The van der Waals surface area contributed by atoms with Crippen LogP contribution >= 0.6 is 0 Å². The van der Waals surface area contributed by atoms with Crippen molar-refractivity contribution in [2.24, 2.45) is 5.41 Å². The number of anilines is 1. The number of carbonyl (C=O) groups is 1. The zero-order valence-electron chi connectivity index (χ0n) is 19.0. The van der Waals surface area contributed by atoms with Gasteiger partial charge in [-0.05, 0) is 30.7 Å². The molecular weight excluding hydrogens is 417 g/mol. The van der Waals surface area contributed by atoms with Gasteiger partial charge in [0.2, 0.25) is 5.91 Å². The van der Waals surface area contributed by atoms with Crippen LogP contribution in [0.15, 0.2) is 36.4 Å². The van der Waals surface area contributed by atoms with Crippen molar-refractivity contribution >= 4 is 11.7 Å². The van der Waals surface area contributed by atoms with E-state index in [1.807, 2.05) is 62.9 Å². The SMILES string of the molecule is C[C@H](C(=O)N1CC[C@@H](c2cc3n(n2)[C@H](C(F)(F)F)C[C@H](C(C)(C)C)N3)C1)c1ccccc1. The molecule has 1 fully saturated rings. The Bertz CT molecular complexity index is 964. The second-order valence-corrected chi connectivity index (χ2v) is 10.2. The van der Waals surface area contributed by atoms with Gasteiger partial charge in [0.15, 0.2) is 6.04 Å². The molecule has 0 spiro atoms. The molecule has 8 heteroatoms. The zero-order valence-corrected chi connectivity index (χ0v) is 19.0. The fourth-order valence-electron chi connectivity index (χ4n) is 4.72. The number of hydrogen-bond donors (Lipinski definition) is 1. The number of aromatic nitrogens is 2. The number of rotatable bonds is 3. The Morgan fingerprint density at radius 3 is 2.50 bits per heavy atom. The van der Waals surface area contributed by atoms with E-state index in [9.17, 15) is 18.0 Å². The molecule has 5 nitrogen and oxygen atoms in total. The van der Waals surface area contributed by atoms with E-state index < -0.39 is 12.2 Å². The van der Waals surface area contributed by atoms with Gasteiger partial charge in [0.1, 0.15) is 5.82 Å². The second kappa shape index (κ2) is 8.12. The highest BCUT2D eigenvalue weighted by Gasteiger charge is 2.48. The average Bonchev–Trinajstić information content (AvgIpc) is 3.38. The summed E-state index contributed by atoms with van der Waals surface area (Å²) in [5, 5.41) is 7.67. The molecule has 0 aliphatic carbocycles. The van der Waals surface area contributed by atoms with E-state index in [2.05, 4.69) is 10.4 Å². The first kappa shape index (κ1) is 22.7. The molecule has 4 atom stereocenters. The summed E-state index contributed by atoms with van der Waals surface area (Å²) in [6.45, 7) is 8.79. The molecule has 0 bridgehead atoms. The predicted octanol–water partition coefficient (Wildman–Crippen LogP) is 5.34. The monoisotopic (exact) mass is 448 g/mol. The van der Waals surface area contributed by atoms with E-state index in [0.29, 0.717) is 31.0 Å². The maximum atomic E-state index is 13.8. The third kappa shape index (κ3) is 4.36. The summed E-state index contributed by atoms with van der Waals surface area (Å²) in [5.74, 6) is 0.135. The molecule has 1 aromatic carbocycles. The van der Waals surface area contributed by atoms with Crippen LogP contribution in [0.4, 0.5) is 19.0 Å². The minimum atomic E-state index is -4.37. The number of benzene rings is 1. The summed E-state index contributed by atoms with van der Waals surface area (Å²) in [6.07, 6.45) is -3.72. The highest BCUT2D eigenvalue weighted by atomic mass is 19.4. The van der Waals surface area contributed by atoms with Crippen molar-refractivity contribution in [2.75, 3.05) is 18.4 Å². The number of alkyl halides is 3. The van der Waals surface area contributed by atoms with Crippen molar-refractivity contribution in [2.45, 2.75) is 70.6 Å². The summed E-state index contributed by atoms with van der Waals surface area (Å²) in [4.78, 5) is 14.8. The van der Waals surface area contributed by atoms with Crippen molar-refractivity contribution in [1.29, 1.82) is 0 Å². The van der Waals surface area contributed by atoms with Gasteiger partial charge < -0.3 is 10.2 Å². The molecule has 2 aliphatic heterocycles. The van der Waals surface area contributed by atoms with Gasteiger partial charge >= 0.3 is 6.18 Å². The van der Waals surface area contributed by atoms with Crippen LogP contribution in [0.5, 0.6) is 0 Å². The molecule has 2 aliphatic rings. The van der Waals surface area contributed by atoms with Crippen LogP contribution in [-0.2, 0) is 4.79 Å². The summed E-state index contributed by atoms with van der Waals surface area (Å²) >= 11 is 0. The summed E-state index contributed by atoms with van der Waals surface area (Å²) < 4.78 is 42.6. The highest BCUT2D eigenvalue weighted by Crippen LogP contribution is 2.44. The van der Waals surface area contributed by atoms with Crippen LogP contribution < -0.4 is 5.32 Å². The smallest absolute Gasteiger partial charge is 0.367 e. The van der Waals surface area contributed by atoms with Crippen LogP contribution in [0, 0.1) is 5.41 Å². The van der Waals surface area contributed by atoms with E-state index in [-0.39, 0.29) is 35.6 Å². The fraction of sp³-hybridized carbons (Fsp3) is 0.583. The van der Waals surface area contributed by atoms with Crippen molar-refractivity contribution in [3.8, 4) is 0 Å². The molecule has 2 aromatic rings. The maximum absolute atomic E-state index is 13.8. The average molecular weight is 449 g/mol. The number of nitrogens with one attached hydrogen (secondary N) is 1. The minimum absolute atomic E-state index is 0.0433.